The van der Waals surface area contributed by atoms with Gasteiger partial charge in [0.1, 0.15) is 5.75 Å². The molecule has 0 fully saturated rings. The Morgan fingerprint density at radius 3 is 1.97 bits per heavy atom. The van der Waals surface area contributed by atoms with Crippen molar-refractivity contribution in [3.05, 3.63) is 58.9 Å². The lowest BCUT2D eigenvalue weighted by atomic mass is 10.1. The summed E-state index contributed by atoms with van der Waals surface area (Å²) >= 11 is 0. The molecule has 0 aliphatic rings. The number of hydrogen-bond acceptors (Lipinski definition) is 9. The van der Waals surface area contributed by atoms with Crippen LogP contribution in [0.5, 0.6) is 5.75 Å². The van der Waals surface area contributed by atoms with Crippen LogP contribution in [0, 0.1) is 11.8 Å². The van der Waals surface area contributed by atoms with Crippen molar-refractivity contribution in [2.45, 2.75) is 19.3 Å². The molecule has 0 spiro atoms. The fourth-order valence-electron chi connectivity index (χ4n) is 3.41. The highest BCUT2D eigenvalue weighted by Gasteiger charge is 2.16. The predicted molar refractivity (Wildman–Crippen MR) is 135 cm³/mol. The van der Waals surface area contributed by atoms with E-state index >= 15 is 0 Å². The molecule has 0 amide bonds. The van der Waals surface area contributed by atoms with Gasteiger partial charge in [-0.05, 0) is 49.2 Å². The van der Waals surface area contributed by atoms with E-state index in [-0.39, 0.29) is 17.1 Å². The molecule has 0 saturated heterocycles. The number of carbonyl (C=O) groups excluding carboxylic acids is 2. The third kappa shape index (κ3) is 11.0. The molecule has 0 saturated carbocycles. The second kappa shape index (κ2) is 13.7. The molecular formula is C26H32N2O8S. The van der Waals surface area contributed by atoms with Crippen molar-refractivity contribution in [1.82, 2.24) is 4.98 Å². The van der Waals surface area contributed by atoms with E-state index in [0.717, 1.165) is 19.4 Å². The third-order valence-corrected chi connectivity index (χ3v) is 6.19. The lowest BCUT2D eigenvalue weighted by Gasteiger charge is -2.30. The maximum Gasteiger partial charge on any atom is 0.356 e. The van der Waals surface area contributed by atoms with Gasteiger partial charge in [0, 0.05) is 23.3 Å². The summed E-state index contributed by atoms with van der Waals surface area (Å²) in [5, 5.41) is 0. The molecule has 1 aromatic heterocycles. The van der Waals surface area contributed by atoms with E-state index in [1.807, 2.05) is 14.1 Å². The molecule has 200 valence electrons. The second-order valence-electron chi connectivity index (χ2n) is 8.94. The molecule has 0 aliphatic carbocycles. The van der Waals surface area contributed by atoms with Gasteiger partial charge in [0.05, 0.1) is 58.1 Å². The quantitative estimate of drug-likeness (QED) is 0.133. The summed E-state index contributed by atoms with van der Waals surface area (Å²) in [7, 11) is 2.30. The van der Waals surface area contributed by atoms with Gasteiger partial charge in [0.15, 0.2) is 11.4 Å². The monoisotopic (exact) mass is 532 g/mol. The van der Waals surface area contributed by atoms with Crippen molar-refractivity contribution in [3.8, 4) is 17.6 Å². The van der Waals surface area contributed by atoms with Gasteiger partial charge in [-0.1, -0.05) is 11.8 Å². The fraction of sp³-hybridized carbons (Fsp3) is 0.423. The molecule has 0 unspecified atom stereocenters. The molecule has 37 heavy (non-hydrogen) atoms. The first-order valence-corrected chi connectivity index (χ1v) is 13.2. The standard InChI is InChI=1S/C26H32N2O8S/c1-28(2,15-7-17-37(31,32)33)14-5-6-16-36-22-12-10-20(11-13-22)8-9-21-18-23(25(29)34-3)27-24(19-21)26(30)35-4/h10-13,18-19H,5-7,14-17H2,1-4H3. The van der Waals surface area contributed by atoms with Crippen LogP contribution >= 0.6 is 0 Å². The third-order valence-electron chi connectivity index (χ3n) is 5.40. The Hall–Kier alpha value is -3.46. The number of benzene rings is 1. The van der Waals surface area contributed by atoms with E-state index in [1.165, 1.54) is 26.4 Å². The number of rotatable bonds is 12. The number of quaternary nitrogens is 1. The Morgan fingerprint density at radius 2 is 1.43 bits per heavy atom. The van der Waals surface area contributed by atoms with E-state index in [0.29, 0.717) is 40.9 Å². The highest BCUT2D eigenvalue weighted by Crippen LogP contribution is 2.14. The Labute approximate surface area is 217 Å². The van der Waals surface area contributed by atoms with Crippen LogP contribution in [0.2, 0.25) is 0 Å². The zero-order chi connectivity index (χ0) is 27.5. The van der Waals surface area contributed by atoms with Crippen LogP contribution in [0.4, 0.5) is 0 Å². The topological polar surface area (TPSA) is 132 Å². The largest absolute Gasteiger partial charge is 0.748 e. The Balaban J connectivity index is 1.89. The van der Waals surface area contributed by atoms with Crippen molar-refractivity contribution in [3.63, 3.8) is 0 Å². The minimum atomic E-state index is -4.16. The van der Waals surface area contributed by atoms with E-state index < -0.39 is 22.1 Å². The maximum atomic E-state index is 11.9. The highest BCUT2D eigenvalue weighted by atomic mass is 32.2. The van der Waals surface area contributed by atoms with Crippen LogP contribution in [-0.4, -0.2) is 88.1 Å². The van der Waals surface area contributed by atoms with Gasteiger partial charge < -0.3 is 23.2 Å². The highest BCUT2D eigenvalue weighted by molar-refractivity contribution is 7.85. The summed E-state index contributed by atoms with van der Waals surface area (Å²) in [6.07, 6.45) is 2.08. The zero-order valence-corrected chi connectivity index (χ0v) is 22.3. The molecule has 2 rings (SSSR count). The minimum absolute atomic E-state index is 0.0453. The molecule has 0 radical (unpaired) electrons. The van der Waals surface area contributed by atoms with Crippen LogP contribution in [0.1, 0.15) is 51.4 Å². The summed E-state index contributed by atoms with van der Waals surface area (Å²) < 4.78 is 48.0. The van der Waals surface area contributed by atoms with Crippen molar-refractivity contribution in [1.29, 1.82) is 0 Å². The van der Waals surface area contributed by atoms with Crippen LogP contribution < -0.4 is 4.74 Å². The van der Waals surface area contributed by atoms with Gasteiger partial charge in [0.25, 0.3) is 0 Å². The first kappa shape index (κ1) is 29.8. The number of esters is 2. The summed E-state index contributed by atoms with van der Waals surface area (Å²) in [4.78, 5) is 27.7. The number of methoxy groups -OCH3 is 2. The van der Waals surface area contributed by atoms with Gasteiger partial charge in [-0.3, -0.25) is 0 Å². The molecular weight excluding hydrogens is 500 g/mol. The molecule has 2 aromatic rings. The number of hydrogen-bond donors (Lipinski definition) is 0. The molecule has 0 atom stereocenters. The van der Waals surface area contributed by atoms with Crippen LogP contribution in [0.25, 0.3) is 0 Å². The Kier molecular flexibility index (Phi) is 11.1. The van der Waals surface area contributed by atoms with Crippen LogP contribution in [0.3, 0.4) is 0 Å². The van der Waals surface area contributed by atoms with Crippen LogP contribution in [0.15, 0.2) is 36.4 Å². The van der Waals surface area contributed by atoms with Crippen LogP contribution in [-0.2, 0) is 19.6 Å². The molecule has 0 bridgehead atoms. The molecule has 0 aliphatic heterocycles. The first-order chi connectivity index (χ1) is 17.4. The SMILES string of the molecule is COC(=O)c1cc(C#Cc2ccc(OCCCC[N+](C)(C)CCCS(=O)(=O)[O-])cc2)cc(C(=O)OC)n1. The van der Waals surface area contributed by atoms with Crippen molar-refractivity contribution < 1.29 is 41.3 Å². The van der Waals surface area contributed by atoms with E-state index in [9.17, 15) is 22.6 Å². The van der Waals surface area contributed by atoms with Gasteiger partial charge in [0.2, 0.25) is 0 Å². The average molecular weight is 533 g/mol. The van der Waals surface area contributed by atoms with Crippen molar-refractivity contribution in [2.24, 2.45) is 0 Å². The normalized spacial score (nSPS) is 11.3. The van der Waals surface area contributed by atoms with E-state index in [2.05, 4.69) is 26.3 Å². The smallest absolute Gasteiger partial charge is 0.356 e. The van der Waals surface area contributed by atoms with Gasteiger partial charge >= 0.3 is 11.9 Å². The molecule has 1 heterocycles. The number of unbranched alkanes of at least 4 members (excludes halogenated alkanes) is 1. The average Bonchev–Trinajstić information content (AvgIpc) is 2.85. The first-order valence-electron chi connectivity index (χ1n) is 11.6. The van der Waals surface area contributed by atoms with Gasteiger partial charge in [-0.15, -0.1) is 0 Å². The number of nitrogens with zero attached hydrogens (tertiary/aromatic N) is 2. The fourth-order valence-corrected chi connectivity index (χ4v) is 3.90. The number of aromatic nitrogens is 1. The Morgan fingerprint density at radius 1 is 0.892 bits per heavy atom. The number of carbonyl (C=O) groups is 2. The lowest BCUT2D eigenvalue weighted by molar-refractivity contribution is -0.890. The number of pyridine rings is 1. The Bertz CT molecular complexity index is 1210. The minimum Gasteiger partial charge on any atom is -0.748 e. The van der Waals surface area contributed by atoms with Gasteiger partial charge in [-0.2, -0.15) is 0 Å². The number of ether oxygens (including phenoxy) is 3. The second-order valence-corrected chi connectivity index (χ2v) is 10.5. The molecule has 1 aromatic carbocycles. The summed E-state index contributed by atoms with van der Waals surface area (Å²) in [5.74, 6) is 4.89. The van der Waals surface area contributed by atoms with E-state index in [4.69, 9.17) is 4.74 Å². The molecule has 0 N–H and O–H groups in total. The van der Waals surface area contributed by atoms with Gasteiger partial charge in [-0.25, -0.2) is 23.0 Å². The predicted octanol–water partition coefficient (Wildman–Crippen LogP) is 2.23. The maximum absolute atomic E-state index is 11.9. The summed E-state index contributed by atoms with van der Waals surface area (Å²) in [6.45, 7) is 2.00. The summed E-state index contributed by atoms with van der Waals surface area (Å²) in [5.41, 5.74) is 1.03. The van der Waals surface area contributed by atoms with E-state index in [1.54, 1.807) is 24.3 Å². The zero-order valence-electron chi connectivity index (χ0n) is 21.5. The summed E-state index contributed by atoms with van der Waals surface area (Å²) in [6, 6.07) is 10.1. The van der Waals surface area contributed by atoms with Crippen molar-refractivity contribution >= 4 is 22.1 Å². The lowest BCUT2D eigenvalue weighted by Crippen LogP contribution is -2.41. The molecule has 10 nitrogen and oxygen atoms in total. The molecule has 11 heteroatoms. The van der Waals surface area contributed by atoms with Crippen molar-refractivity contribution in [2.75, 3.05) is 53.8 Å².